The summed E-state index contributed by atoms with van der Waals surface area (Å²) in [5, 5.41) is 16.2. The zero-order valence-corrected chi connectivity index (χ0v) is 22.3. The van der Waals surface area contributed by atoms with Crippen LogP contribution in [-0.2, 0) is 20.9 Å². The molecule has 3 N–H and O–H groups in total. The normalized spacial score (nSPS) is 12.8. The zero-order chi connectivity index (χ0) is 28.1. The molecular weight excluding hydrogens is 532 g/mol. The van der Waals surface area contributed by atoms with E-state index in [1.165, 1.54) is 0 Å². The van der Waals surface area contributed by atoms with Crippen LogP contribution in [0.1, 0.15) is 19.3 Å². The van der Waals surface area contributed by atoms with Crippen molar-refractivity contribution in [2.45, 2.75) is 25.3 Å². The van der Waals surface area contributed by atoms with Gasteiger partial charge in [0.15, 0.2) is 6.61 Å². The molecule has 0 saturated carbocycles. The first-order chi connectivity index (χ1) is 19.4. The highest BCUT2D eigenvalue weighted by Gasteiger charge is 2.30. The molecule has 0 aliphatic carbocycles. The summed E-state index contributed by atoms with van der Waals surface area (Å²) in [6.07, 6.45) is 1.00. The maximum atomic E-state index is 12.3. The van der Waals surface area contributed by atoms with Crippen molar-refractivity contribution in [2.24, 2.45) is 0 Å². The Kier molecular flexibility index (Phi) is 8.28. The van der Waals surface area contributed by atoms with E-state index in [2.05, 4.69) is 5.32 Å². The third-order valence-electron chi connectivity index (χ3n) is 6.69. The van der Waals surface area contributed by atoms with Crippen LogP contribution in [0.15, 0.2) is 89.3 Å². The Hall–Kier alpha value is -4.41. The van der Waals surface area contributed by atoms with Crippen molar-refractivity contribution in [3.63, 3.8) is 0 Å². The second-order valence-corrected chi connectivity index (χ2v) is 10.2. The number of furan rings is 1. The molecule has 1 aromatic heterocycles. The molecule has 40 heavy (non-hydrogen) atoms. The summed E-state index contributed by atoms with van der Waals surface area (Å²) >= 11 is -2.58. The quantitative estimate of drug-likeness (QED) is 0.136. The van der Waals surface area contributed by atoms with Gasteiger partial charge in [0.2, 0.25) is 0 Å². The number of carboxylic acid groups (broad SMARTS) is 1. The van der Waals surface area contributed by atoms with Crippen molar-refractivity contribution in [1.82, 2.24) is 5.32 Å². The molecule has 9 nitrogen and oxygen atoms in total. The summed E-state index contributed by atoms with van der Waals surface area (Å²) in [4.78, 5) is 24.4. The van der Waals surface area contributed by atoms with Crippen LogP contribution in [-0.4, -0.2) is 44.9 Å². The molecule has 1 amide bonds. The number of benzene rings is 4. The maximum absolute atomic E-state index is 12.3. The lowest BCUT2D eigenvalue weighted by atomic mass is 10.1. The number of carbonyl (C=O) groups is 2. The first-order valence-corrected chi connectivity index (χ1v) is 13.9. The van der Waals surface area contributed by atoms with Crippen molar-refractivity contribution in [1.29, 1.82) is 0 Å². The molecule has 5 aromatic rings. The summed E-state index contributed by atoms with van der Waals surface area (Å²) in [5.41, 5.74) is 1.57. The smallest absolute Gasteiger partial charge is 0.327 e. The van der Waals surface area contributed by atoms with Crippen LogP contribution in [0.3, 0.4) is 0 Å². The number of hydrogen-bond donors (Lipinski definition) is 3. The molecule has 0 spiro atoms. The van der Waals surface area contributed by atoms with E-state index in [0.29, 0.717) is 42.0 Å². The average molecular weight is 561 g/mol. The van der Waals surface area contributed by atoms with Crippen LogP contribution < -0.4 is 14.4 Å². The van der Waals surface area contributed by atoms with Gasteiger partial charge < -0.3 is 19.6 Å². The van der Waals surface area contributed by atoms with Gasteiger partial charge in [-0.2, -0.15) is 0 Å². The predicted molar refractivity (Wildman–Crippen MR) is 155 cm³/mol. The Bertz CT molecular complexity index is 1690. The number of ether oxygens (including phenoxy) is 1. The number of rotatable bonds is 12. The van der Waals surface area contributed by atoms with Gasteiger partial charge in [0.1, 0.15) is 23.0 Å². The van der Waals surface area contributed by atoms with Gasteiger partial charge in [-0.25, -0.2) is 9.00 Å². The number of nitrogens with one attached hydrogen (secondary N) is 1. The van der Waals surface area contributed by atoms with E-state index in [1.54, 1.807) is 18.2 Å². The van der Waals surface area contributed by atoms with Gasteiger partial charge in [-0.15, -0.1) is 0 Å². The van der Waals surface area contributed by atoms with Crippen molar-refractivity contribution in [2.75, 3.05) is 17.5 Å². The molecule has 0 saturated heterocycles. The molecule has 5 rings (SSSR count). The van der Waals surface area contributed by atoms with Gasteiger partial charge in [0.05, 0.1) is 5.69 Å². The number of amides is 1. The monoisotopic (exact) mass is 560 g/mol. The maximum Gasteiger partial charge on any atom is 0.327 e. The first-order valence-electron chi connectivity index (χ1n) is 12.8. The van der Waals surface area contributed by atoms with Crippen molar-refractivity contribution < 1.29 is 32.6 Å². The van der Waals surface area contributed by atoms with E-state index < -0.39 is 23.3 Å². The SMILES string of the molecule is O=C(COc1cccc2ccccc12)NCCCCC(C(=O)O)N(c1ccc2oc3ccccc3c2c1)S(=O)O. The van der Waals surface area contributed by atoms with Crippen LogP contribution in [0.5, 0.6) is 5.75 Å². The minimum atomic E-state index is -2.58. The molecule has 2 unspecified atom stereocenters. The fourth-order valence-electron chi connectivity index (χ4n) is 4.78. The Balaban J connectivity index is 1.17. The molecule has 206 valence electrons. The summed E-state index contributed by atoms with van der Waals surface area (Å²) in [6, 6.07) is 24.5. The second-order valence-electron chi connectivity index (χ2n) is 9.30. The second kappa shape index (κ2) is 12.2. The summed E-state index contributed by atoms with van der Waals surface area (Å²) in [6.45, 7) is 0.174. The summed E-state index contributed by atoms with van der Waals surface area (Å²) < 4.78 is 34.9. The molecule has 0 aliphatic rings. The fraction of sp³-hybridized carbons (Fsp3) is 0.200. The van der Waals surface area contributed by atoms with Crippen LogP contribution in [0, 0.1) is 0 Å². The van der Waals surface area contributed by atoms with Gasteiger partial charge in [0, 0.05) is 22.7 Å². The molecule has 10 heteroatoms. The summed E-state index contributed by atoms with van der Waals surface area (Å²) in [5.74, 6) is -0.884. The Morgan fingerprint density at radius 3 is 2.42 bits per heavy atom. The number of nitrogens with zero attached hydrogens (tertiary/aromatic N) is 1. The predicted octanol–water partition coefficient (Wildman–Crippen LogP) is 5.50. The van der Waals surface area contributed by atoms with Gasteiger partial charge in [-0.05, 0) is 55.0 Å². The molecule has 0 fully saturated rings. The van der Waals surface area contributed by atoms with E-state index in [4.69, 9.17) is 9.15 Å². The standard InChI is InChI=1S/C30H28N2O7S/c33-29(19-38-26-14-7-9-20-8-1-2-10-22(20)26)31-17-6-5-12-25(30(34)35)32(40(36)37)21-15-16-28-24(18-21)23-11-3-4-13-27(23)39-28/h1-4,7-11,13-16,18,25H,5-6,12,17,19H2,(H,31,33)(H,34,35)(H,36,37). The molecule has 0 bridgehead atoms. The highest BCUT2D eigenvalue weighted by Crippen LogP contribution is 2.33. The zero-order valence-electron chi connectivity index (χ0n) is 21.5. The molecular formula is C30H28N2O7S. The largest absolute Gasteiger partial charge is 0.483 e. The Morgan fingerprint density at radius 1 is 0.900 bits per heavy atom. The lowest BCUT2D eigenvalue weighted by Gasteiger charge is -2.27. The van der Waals surface area contributed by atoms with E-state index in [-0.39, 0.29) is 18.9 Å². The number of fused-ring (bicyclic) bond motifs is 4. The number of anilines is 1. The van der Waals surface area contributed by atoms with Crippen molar-refractivity contribution in [3.05, 3.63) is 84.9 Å². The van der Waals surface area contributed by atoms with Gasteiger partial charge in [0.25, 0.3) is 17.2 Å². The van der Waals surface area contributed by atoms with E-state index in [9.17, 15) is 23.5 Å². The summed E-state index contributed by atoms with van der Waals surface area (Å²) in [7, 11) is 0. The molecule has 0 radical (unpaired) electrons. The fourth-order valence-corrected chi connectivity index (χ4v) is 5.48. The number of carboxylic acids is 1. The van der Waals surface area contributed by atoms with Crippen LogP contribution in [0.2, 0.25) is 0 Å². The number of para-hydroxylation sites is 1. The van der Waals surface area contributed by atoms with E-state index in [1.807, 2.05) is 66.7 Å². The number of unbranched alkanes of at least 4 members (excludes halogenated alkanes) is 1. The highest BCUT2D eigenvalue weighted by molar-refractivity contribution is 7.80. The molecule has 0 aliphatic heterocycles. The van der Waals surface area contributed by atoms with E-state index >= 15 is 0 Å². The Morgan fingerprint density at radius 2 is 1.62 bits per heavy atom. The van der Waals surface area contributed by atoms with Crippen molar-refractivity contribution in [3.8, 4) is 5.75 Å². The number of hydrogen-bond acceptors (Lipinski definition) is 5. The first kappa shape index (κ1) is 27.2. The third-order valence-corrected chi connectivity index (χ3v) is 7.49. The lowest BCUT2D eigenvalue weighted by Crippen LogP contribution is -2.42. The molecule has 2 atom stereocenters. The van der Waals surface area contributed by atoms with Crippen LogP contribution >= 0.6 is 0 Å². The van der Waals surface area contributed by atoms with E-state index in [0.717, 1.165) is 25.9 Å². The number of aliphatic carboxylic acids is 1. The lowest BCUT2D eigenvalue weighted by molar-refractivity contribution is -0.138. The van der Waals surface area contributed by atoms with Gasteiger partial charge in [-0.3, -0.25) is 13.7 Å². The minimum absolute atomic E-state index is 0.105. The van der Waals surface area contributed by atoms with Crippen LogP contribution in [0.25, 0.3) is 32.7 Å². The number of carbonyl (C=O) groups excluding carboxylic acids is 1. The topological polar surface area (TPSA) is 129 Å². The highest BCUT2D eigenvalue weighted by atomic mass is 32.2. The average Bonchev–Trinajstić information content (AvgIpc) is 3.33. The van der Waals surface area contributed by atoms with Crippen molar-refractivity contribution >= 4 is 61.5 Å². The molecule has 1 heterocycles. The Labute approximate surface area is 232 Å². The van der Waals surface area contributed by atoms with Gasteiger partial charge in [-0.1, -0.05) is 54.6 Å². The third kappa shape index (κ3) is 5.93. The minimum Gasteiger partial charge on any atom is -0.483 e. The molecule has 4 aromatic carbocycles. The van der Waals surface area contributed by atoms with Gasteiger partial charge >= 0.3 is 5.97 Å². The van der Waals surface area contributed by atoms with Crippen LogP contribution in [0.4, 0.5) is 5.69 Å².